The molecule has 2 heterocycles. The van der Waals surface area contributed by atoms with E-state index in [2.05, 4.69) is 27.1 Å². The maximum atomic E-state index is 14.4. The molecule has 1 amide bonds. The minimum absolute atomic E-state index is 0.0881. The molecule has 1 fully saturated rings. The third-order valence-electron chi connectivity index (χ3n) is 8.40. The van der Waals surface area contributed by atoms with Gasteiger partial charge in [-0.2, -0.15) is 0 Å². The standard InChI is InChI=1S/C36H41FN4O6/c1-24-29(28-8-7-27(37)19-31(28)30(24)20-34(42)39-22-25-6-5-9-38-21-25)16-26-17-32(44-3)36(33(18-26)45-4)47-23-35(43)46-15-14-41-12-10-40(2)11-13-41/h5-9,16-19,21H,10-15,20,22-23H2,1-4H3,(H,39,42)/b29-16-. The normalized spacial score (nSPS) is 15.8. The minimum atomic E-state index is -0.484. The predicted molar refractivity (Wildman–Crippen MR) is 178 cm³/mol. The van der Waals surface area contributed by atoms with Gasteiger partial charge < -0.3 is 29.2 Å². The second-order valence-corrected chi connectivity index (χ2v) is 11.6. The molecule has 248 valence electrons. The number of carbonyl (C=O) groups is 2. The molecule has 0 atom stereocenters. The SMILES string of the molecule is COc1cc(/C=C2/C(C)=C(CC(=O)NCc3cccnc3)c3cc(F)ccc32)cc(OC)c1OCC(=O)OCCN1CCN(C)CC1. The van der Waals surface area contributed by atoms with Gasteiger partial charge in [0, 0.05) is 51.7 Å². The third-order valence-corrected chi connectivity index (χ3v) is 8.40. The zero-order chi connectivity index (χ0) is 33.3. The molecule has 0 radical (unpaired) electrons. The molecule has 2 aliphatic rings. The second-order valence-electron chi connectivity index (χ2n) is 11.6. The van der Waals surface area contributed by atoms with Crippen LogP contribution in [-0.4, -0.2) is 93.9 Å². The molecule has 1 N–H and O–H groups in total. The summed E-state index contributed by atoms with van der Waals surface area (Å²) in [5.41, 5.74) is 5.56. The van der Waals surface area contributed by atoms with Crippen LogP contribution in [0.5, 0.6) is 17.2 Å². The van der Waals surface area contributed by atoms with Crippen LogP contribution in [0.15, 0.2) is 60.4 Å². The van der Waals surface area contributed by atoms with Crippen LogP contribution in [0, 0.1) is 5.82 Å². The first kappa shape index (κ1) is 33.6. The largest absolute Gasteiger partial charge is 0.493 e. The first-order valence-corrected chi connectivity index (χ1v) is 15.6. The smallest absolute Gasteiger partial charge is 0.344 e. The number of rotatable bonds is 13. The fourth-order valence-corrected chi connectivity index (χ4v) is 5.73. The van der Waals surface area contributed by atoms with Crippen molar-refractivity contribution >= 4 is 29.1 Å². The van der Waals surface area contributed by atoms with E-state index >= 15 is 0 Å². The van der Waals surface area contributed by atoms with E-state index in [9.17, 15) is 14.0 Å². The monoisotopic (exact) mass is 644 g/mol. The van der Waals surface area contributed by atoms with Gasteiger partial charge in [-0.15, -0.1) is 0 Å². The lowest BCUT2D eigenvalue weighted by Gasteiger charge is -2.32. The molecule has 0 unspecified atom stereocenters. The van der Waals surface area contributed by atoms with Crippen molar-refractivity contribution in [3.05, 3.63) is 88.5 Å². The van der Waals surface area contributed by atoms with Gasteiger partial charge in [-0.3, -0.25) is 14.7 Å². The zero-order valence-corrected chi connectivity index (χ0v) is 27.3. The van der Waals surface area contributed by atoms with Crippen LogP contribution < -0.4 is 19.5 Å². The molecule has 1 aliphatic heterocycles. The van der Waals surface area contributed by atoms with Gasteiger partial charge in [0.15, 0.2) is 18.1 Å². The van der Waals surface area contributed by atoms with Crippen LogP contribution in [-0.2, 0) is 20.9 Å². The Morgan fingerprint density at radius 1 is 1.02 bits per heavy atom. The van der Waals surface area contributed by atoms with Gasteiger partial charge in [0.25, 0.3) is 0 Å². The number of piperazine rings is 1. The summed E-state index contributed by atoms with van der Waals surface area (Å²) in [6.45, 7) is 6.82. The molecule has 2 aromatic carbocycles. The number of hydrogen-bond acceptors (Lipinski definition) is 9. The summed E-state index contributed by atoms with van der Waals surface area (Å²) in [6, 6.07) is 11.9. The summed E-state index contributed by atoms with van der Waals surface area (Å²) in [4.78, 5) is 34.1. The highest BCUT2D eigenvalue weighted by molar-refractivity contribution is 6.08. The van der Waals surface area contributed by atoms with Crippen molar-refractivity contribution in [1.82, 2.24) is 20.1 Å². The van der Waals surface area contributed by atoms with Crippen LogP contribution in [0.3, 0.4) is 0 Å². The predicted octanol–water partition coefficient (Wildman–Crippen LogP) is 4.44. The van der Waals surface area contributed by atoms with E-state index in [1.54, 1.807) is 30.6 Å². The number of esters is 1. The maximum Gasteiger partial charge on any atom is 0.344 e. The van der Waals surface area contributed by atoms with Gasteiger partial charge >= 0.3 is 5.97 Å². The molecule has 1 aromatic heterocycles. The van der Waals surface area contributed by atoms with Gasteiger partial charge in [-0.25, -0.2) is 9.18 Å². The lowest BCUT2D eigenvalue weighted by molar-refractivity contribution is -0.146. The molecule has 47 heavy (non-hydrogen) atoms. The number of carbonyl (C=O) groups excluding carboxylic acids is 2. The minimum Gasteiger partial charge on any atom is -0.493 e. The topological polar surface area (TPSA) is 102 Å². The fourth-order valence-electron chi connectivity index (χ4n) is 5.73. The molecule has 0 spiro atoms. The van der Waals surface area contributed by atoms with Gasteiger partial charge in [-0.1, -0.05) is 12.1 Å². The Bertz CT molecular complexity index is 1630. The molecule has 0 saturated carbocycles. The van der Waals surface area contributed by atoms with Crippen molar-refractivity contribution in [2.24, 2.45) is 0 Å². The van der Waals surface area contributed by atoms with Crippen molar-refractivity contribution in [1.29, 1.82) is 0 Å². The highest BCUT2D eigenvalue weighted by Crippen LogP contribution is 2.45. The third kappa shape index (κ3) is 8.55. The van der Waals surface area contributed by atoms with Crippen LogP contribution in [0.4, 0.5) is 4.39 Å². The van der Waals surface area contributed by atoms with Crippen LogP contribution in [0.1, 0.15) is 35.6 Å². The van der Waals surface area contributed by atoms with Crippen molar-refractivity contribution in [3.63, 3.8) is 0 Å². The Hall–Kier alpha value is -4.74. The number of fused-ring (bicyclic) bond motifs is 1. The summed E-state index contributed by atoms with van der Waals surface area (Å²) in [5, 5.41) is 2.93. The van der Waals surface area contributed by atoms with Crippen LogP contribution in [0.25, 0.3) is 17.2 Å². The van der Waals surface area contributed by atoms with Crippen LogP contribution >= 0.6 is 0 Å². The molecule has 1 aliphatic carbocycles. The van der Waals surface area contributed by atoms with Crippen molar-refractivity contribution in [3.8, 4) is 17.2 Å². The number of pyridine rings is 1. The number of ether oxygens (including phenoxy) is 4. The zero-order valence-electron chi connectivity index (χ0n) is 27.3. The first-order valence-electron chi connectivity index (χ1n) is 15.6. The van der Waals surface area contributed by atoms with E-state index in [1.807, 2.05) is 25.1 Å². The molecule has 5 rings (SSSR count). The Labute approximate surface area is 274 Å². The number of nitrogens with one attached hydrogen (secondary N) is 1. The average Bonchev–Trinajstić information content (AvgIpc) is 3.32. The summed E-state index contributed by atoms with van der Waals surface area (Å²) in [7, 11) is 5.11. The van der Waals surface area contributed by atoms with E-state index < -0.39 is 5.97 Å². The Morgan fingerprint density at radius 3 is 2.45 bits per heavy atom. The molecule has 3 aromatic rings. The quantitative estimate of drug-likeness (QED) is 0.271. The molecule has 11 heteroatoms. The lowest BCUT2D eigenvalue weighted by Crippen LogP contribution is -2.45. The van der Waals surface area contributed by atoms with E-state index in [4.69, 9.17) is 18.9 Å². The van der Waals surface area contributed by atoms with Gasteiger partial charge in [-0.05, 0) is 89.4 Å². The number of nitrogens with zero attached hydrogens (tertiary/aromatic N) is 3. The van der Waals surface area contributed by atoms with Gasteiger partial charge in [0.05, 0.1) is 20.6 Å². The second kappa shape index (κ2) is 15.7. The maximum absolute atomic E-state index is 14.4. The Kier molecular flexibility index (Phi) is 11.2. The number of amides is 1. The van der Waals surface area contributed by atoms with E-state index in [0.29, 0.717) is 36.8 Å². The Morgan fingerprint density at radius 2 is 1.77 bits per heavy atom. The number of halogens is 1. The van der Waals surface area contributed by atoms with Gasteiger partial charge in [0.2, 0.25) is 11.7 Å². The highest BCUT2D eigenvalue weighted by atomic mass is 19.1. The number of benzene rings is 2. The van der Waals surface area contributed by atoms with E-state index in [0.717, 1.165) is 59.6 Å². The van der Waals surface area contributed by atoms with Crippen molar-refractivity contribution in [2.75, 3.05) is 67.2 Å². The number of aromatic nitrogens is 1. The van der Waals surface area contributed by atoms with Crippen LogP contribution in [0.2, 0.25) is 0 Å². The number of methoxy groups -OCH3 is 2. The molecular formula is C36H41FN4O6. The summed E-state index contributed by atoms with van der Waals surface area (Å²) >= 11 is 0. The molecule has 10 nitrogen and oxygen atoms in total. The first-order chi connectivity index (χ1) is 22.7. The Balaban J connectivity index is 1.30. The lowest BCUT2D eigenvalue weighted by atomic mass is 10.00. The molecule has 1 saturated heterocycles. The highest BCUT2D eigenvalue weighted by Gasteiger charge is 2.26. The van der Waals surface area contributed by atoms with E-state index in [1.165, 1.54) is 26.4 Å². The van der Waals surface area contributed by atoms with Crippen molar-refractivity contribution in [2.45, 2.75) is 19.9 Å². The molecule has 0 bridgehead atoms. The summed E-state index contributed by atoms with van der Waals surface area (Å²) in [5.74, 6) is -0.0239. The van der Waals surface area contributed by atoms with E-state index in [-0.39, 0.29) is 30.5 Å². The fraction of sp³-hybridized carbons (Fsp3) is 0.361. The number of likely N-dealkylation sites (N-methyl/N-ethyl adjacent to an activating group) is 1. The number of allylic oxidation sites excluding steroid dienone is 2. The van der Waals surface area contributed by atoms with Gasteiger partial charge in [0.1, 0.15) is 12.4 Å². The molecular weight excluding hydrogens is 603 g/mol. The van der Waals surface area contributed by atoms with Crippen molar-refractivity contribution < 1.29 is 32.9 Å². The number of hydrogen-bond donors (Lipinski definition) is 1. The average molecular weight is 645 g/mol. The summed E-state index contributed by atoms with van der Waals surface area (Å²) in [6.07, 6.45) is 5.41. The summed E-state index contributed by atoms with van der Waals surface area (Å²) < 4.78 is 36.9.